The van der Waals surface area contributed by atoms with Gasteiger partial charge in [-0.2, -0.15) is 0 Å². The van der Waals surface area contributed by atoms with Crippen molar-refractivity contribution >= 4 is 29.4 Å². The molecule has 0 spiro atoms. The van der Waals surface area contributed by atoms with Gasteiger partial charge in [0, 0.05) is 11.3 Å². The fraction of sp³-hybridized carbons (Fsp3) is 0.211. The van der Waals surface area contributed by atoms with Crippen LogP contribution in [0.15, 0.2) is 42.5 Å². The SMILES string of the molecule is COC(=O)c1ccc2c(c1)N(c1ccc(C(C)=O)cc1)C(C=O)CO2. The molecule has 6 nitrogen and oxygen atoms in total. The molecule has 0 saturated carbocycles. The van der Waals surface area contributed by atoms with Crippen molar-refractivity contribution in [1.29, 1.82) is 0 Å². The van der Waals surface area contributed by atoms with Crippen molar-refractivity contribution in [2.24, 2.45) is 0 Å². The van der Waals surface area contributed by atoms with Gasteiger partial charge in [-0.25, -0.2) is 4.79 Å². The van der Waals surface area contributed by atoms with Crippen LogP contribution >= 0.6 is 0 Å². The molecule has 0 bridgehead atoms. The normalized spacial score (nSPS) is 15.8. The Bertz CT molecular complexity index is 828. The molecule has 0 N–H and O–H groups in total. The first-order valence-electron chi connectivity index (χ1n) is 7.76. The molecule has 0 radical (unpaired) electrons. The summed E-state index contributed by atoms with van der Waals surface area (Å²) in [6.45, 7) is 1.69. The average Bonchev–Trinajstić information content (AvgIpc) is 2.65. The largest absolute Gasteiger partial charge is 0.489 e. The maximum atomic E-state index is 11.8. The van der Waals surface area contributed by atoms with Gasteiger partial charge in [-0.15, -0.1) is 0 Å². The number of anilines is 2. The minimum atomic E-state index is -0.538. The summed E-state index contributed by atoms with van der Waals surface area (Å²) in [4.78, 5) is 36.6. The molecule has 1 aliphatic heterocycles. The summed E-state index contributed by atoms with van der Waals surface area (Å²) in [5.41, 5.74) is 2.28. The van der Waals surface area contributed by atoms with Crippen LogP contribution in [0, 0.1) is 0 Å². The van der Waals surface area contributed by atoms with Gasteiger partial charge in [-0.1, -0.05) is 0 Å². The predicted octanol–water partition coefficient (Wildman–Crippen LogP) is 2.77. The van der Waals surface area contributed by atoms with Gasteiger partial charge < -0.3 is 19.2 Å². The molecular weight excluding hydrogens is 322 g/mol. The van der Waals surface area contributed by atoms with Gasteiger partial charge in [0.1, 0.15) is 24.7 Å². The number of hydrogen-bond donors (Lipinski definition) is 0. The topological polar surface area (TPSA) is 72.9 Å². The third kappa shape index (κ3) is 3.10. The lowest BCUT2D eigenvalue weighted by Crippen LogP contribution is -2.41. The molecule has 0 fully saturated rings. The van der Waals surface area contributed by atoms with Crippen LogP contribution in [0.5, 0.6) is 5.75 Å². The summed E-state index contributed by atoms with van der Waals surface area (Å²) in [6, 6.07) is 11.3. The minimum Gasteiger partial charge on any atom is -0.489 e. The molecule has 0 amide bonds. The van der Waals surface area contributed by atoms with Gasteiger partial charge in [-0.05, 0) is 49.4 Å². The van der Waals surface area contributed by atoms with Crippen LogP contribution in [0.25, 0.3) is 0 Å². The molecule has 1 heterocycles. The third-order valence-electron chi connectivity index (χ3n) is 4.09. The van der Waals surface area contributed by atoms with E-state index in [9.17, 15) is 14.4 Å². The number of methoxy groups -OCH3 is 1. The number of aldehydes is 1. The summed E-state index contributed by atoms with van der Waals surface area (Å²) in [5.74, 6) is 0.0677. The molecule has 25 heavy (non-hydrogen) atoms. The van der Waals surface area contributed by atoms with Gasteiger partial charge in [0.2, 0.25) is 0 Å². The zero-order chi connectivity index (χ0) is 18.0. The van der Waals surface area contributed by atoms with Gasteiger partial charge in [0.05, 0.1) is 18.4 Å². The number of fused-ring (bicyclic) bond motifs is 1. The highest BCUT2D eigenvalue weighted by Crippen LogP contribution is 2.39. The van der Waals surface area contributed by atoms with Crippen molar-refractivity contribution in [3.05, 3.63) is 53.6 Å². The van der Waals surface area contributed by atoms with Crippen LogP contribution in [0.4, 0.5) is 11.4 Å². The molecule has 1 unspecified atom stereocenters. The average molecular weight is 339 g/mol. The number of carbonyl (C=O) groups excluding carboxylic acids is 3. The molecule has 0 saturated heterocycles. The second kappa shape index (κ2) is 6.76. The number of rotatable bonds is 4. The Labute approximate surface area is 145 Å². The molecule has 2 aromatic rings. The Morgan fingerprint density at radius 2 is 1.84 bits per heavy atom. The highest BCUT2D eigenvalue weighted by atomic mass is 16.5. The molecule has 0 aliphatic carbocycles. The van der Waals surface area contributed by atoms with Crippen LogP contribution < -0.4 is 9.64 Å². The van der Waals surface area contributed by atoms with Crippen LogP contribution in [0.1, 0.15) is 27.6 Å². The van der Waals surface area contributed by atoms with Crippen molar-refractivity contribution in [2.45, 2.75) is 13.0 Å². The summed E-state index contributed by atoms with van der Waals surface area (Å²) in [7, 11) is 1.31. The Morgan fingerprint density at radius 1 is 1.16 bits per heavy atom. The number of carbonyl (C=O) groups is 3. The molecular formula is C19H17NO5. The molecule has 0 aromatic heterocycles. The van der Waals surface area contributed by atoms with Crippen molar-refractivity contribution in [3.63, 3.8) is 0 Å². The van der Waals surface area contributed by atoms with Crippen molar-refractivity contribution in [1.82, 2.24) is 0 Å². The number of hydrogen-bond acceptors (Lipinski definition) is 6. The van der Waals surface area contributed by atoms with E-state index in [0.29, 0.717) is 22.6 Å². The first-order chi connectivity index (χ1) is 12.0. The van der Waals surface area contributed by atoms with E-state index in [1.807, 2.05) is 0 Å². The van der Waals surface area contributed by atoms with Gasteiger partial charge >= 0.3 is 5.97 Å². The van der Waals surface area contributed by atoms with Crippen LogP contribution in [0.2, 0.25) is 0 Å². The zero-order valence-corrected chi connectivity index (χ0v) is 13.9. The van der Waals surface area contributed by atoms with E-state index in [0.717, 1.165) is 12.0 Å². The predicted molar refractivity (Wildman–Crippen MR) is 91.7 cm³/mol. The quantitative estimate of drug-likeness (QED) is 0.484. The van der Waals surface area contributed by atoms with E-state index in [4.69, 9.17) is 9.47 Å². The van der Waals surface area contributed by atoms with Gasteiger partial charge in [-0.3, -0.25) is 4.79 Å². The molecule has 2 aromatic carbocycles. The molecule has 1 aliphatic rings. The lowest BCUT2D eigenvalue weighted by atomic mass is 10.1. The monoisotopic (exact) mass is 339 g/mol. The summed E-state index contributed by atoms with van der Waals surface area (Å²) in [5, 5.41) is 0. The van der Waals surface area contributed by atoms with Crippen LogP contribution in [-0.2, 0) is 9.53 Å². The van der Waals surface area contributed by atoms with Crippen LogP contribution in [-0.4, -0.2) is 37.8 Å². The first kappa shape index (κ1) is 16.7. The third-order valence-corrected chi connectivity index (χ3v) is 4.09. The van der Waals surface area contributed by atoms with E-state index in [1.165, 1.54) is 14.0 Å². The highest BCUT2D eigenvalue weighted by molar-refractivity contribution is 5.95. The Kier molecular flexibility index (Phi) is 4.52. The van der Waals surface area contributed by atoms with Crippen molar-refractivity contribution in [2.75, 3.05) is 18.6 Å². The highest BCUT2D eigenvalue weighted by Gasteiger charge is 2.29. The molecule has 128 valence electrons. The van der Waals surface area contributed by atoms with E-state index in [-0.39, 0.29) is 12.4 Å². The van der Waals surface area contributed by atoms with E-state index < -0.39 is 12.0 Å². The Balaban J connectivity index is 2.09. The summed E-state index contributed by atoms with van der Waals surface area (Å²) in [6.07, 6.45) is 0.798. The fourth-order valence-corrected chi connectivity index (χ4v) is 2.79. The first-order valence-corrected chi connectivity index (χ1v) is 7.76. The Morgan fingerprint density at radius 3 is 2.44 bits per heavy atom. The lowest BCUT2D eigenvalue weighted by molar-refractivity contribution is -0.109. The molecule has 6 heteroatoms. The Hall–Kier alpha value is -3.15. The number of esters is 1. The summed E-state index contributed by atoms with van der Waals surface area (Å²) < 4.78 is 10.4. The zero-order valence-electron chi connectivity index (χ0n) is 13.9. The molecule has 1 atom stereocenters. The molecule has 3 rings (SSSR count). The maximum absolute atomic E-state index is 11.8. The standard InChI is InChI=1S/C19H17NO5/c1-12(22)13-3-6-15(7-4-13)20-16(10-21)11-25-18-8-5-14(9-17(18)20)19(23)24-2/h3-10,16H,11H2,1-2H3. The van der Waals surface area contributed by atoms with E-state index >= 15 is 0 Å². The second-order valence-electron chi connectivity index (χ2n) is 5.66. The summed E-state index contributed by atoms with van der Waals surface area (Å²) >= 11 is 0. The van der Waals surface area contributed by atoms with Crippen molar-refractivity contribution < 1.29 is 23.9 Å². The number of ether oxygens (including phenoxy) is 2. The number of benzene rings is 2. The van der Waals surface area contributed by atoms with Crippen LogP contribution in [0.3, 0.4) is 0 Å². The number of Topliss-reactive ketones (excluding diaryl/α,β-unsaturated/α-hetero) is 1. The van der Waals surface area contributed by atoms with E-state index in [1.54, 1.807) is 47.4 Å². The second-order valence-corrected chi connectivity index (χ2v) is 5.66. The van der Waals surface area contributed by atoms with Gasteiger partial charge in [0.25, 0.3) is 0 Å². The van der Waals surface area contributed by atoms with E-state index in [2.05, 4.69) is 0 Å². The lowest BCUT2D eigenvalue weighted by Gasteiger charge is -2.36. The smallest absolute Gasteiger partial charge is 0.337 e. The maximum Gasteiger partial charge on any atom is 0.337 e. The number of nitrogens with zero attached hydrogens (tertiary/aromatic N) is 1. The number of ketones is 1. The van der Waals surface area contributed by atoms with Crippen molar-refractivity contribution in [3.8, 4) is 5.75 Å². The fourth-order valence-electron chi connectivity index (χ4n) is 2.79. The van der Waals surface area contributed by atoms with Gasteiger partial charge in [0.15, 0.2) is 5.78 Å². The minimum absolute atomic E-state index is 0.0335.